The first-order valence-electron chi connectivity index (χ1n) is 4.35. The molecule has 72 valence electrons. The van der Waals surface area contributed by atoms with Crippen LogP contribution in [0.3, 0.4) is 0 Å². The maximum absolute atomic E-state index is 14.2. The van der Waals surface area contributed by atoms with E-state index in [1.165, 1.54) is 6.26 Å². The summed E-state index contributed by atoms with van der Waals surface area (Å²) in [6.45, 7) is 1.42. The Hall–Kier alpha value is -0.350. The second kappa shape index (κ2) is 3.42. The molecule has 1 aliphatic rings. The number of piperidine rings is 1. The third-order valence-corrected chi connectivity index (χ3v) is 3.04. The van der Waals surface area contributed by atoms with Gasteiger partial charge in [0.2, 0.25) is 0 Å². The molecule has 0 aliphatic carbocycles. The second-order valence-corrected chi connectivity index (χ2v) is 4.17. The third kappa shape index (κ3) is 1.65. The molecule has 4 heteroatoms. The summed E-state index contributed by atoms with van der Waals surface area (Å²) in [6.07, 6.45) is 2.49. The molecule has 0 amide bonds. The Morgan fingerprint density at radius 3 is 2.69 bits per heavy atom. The van der Waals surface area contributed by atoms with Crippen molar-refractivity contribution in [2.75, 3.05) is 13.1 Å². The van der Waals surface area contributed by atoms with Gasteiger partial charge in [-0.05, 0) is 35.1 Å². The number of nitrogens with one attached hydrogen (secondary N) is 1. The fourth-order valence-electron chi connectivity index (χ4n) is 1.66. The summed E-state index contributed by atoms with van der Waals surface area (Å²) in [4.78, 5) is 0. The van der Waals surface area contributed by atoms with Gasteiger partial charge in [0.25, 0.3) is 0 Å². The largest absolute Gasteiger partial charge is 0.465 e. The molecular weight excluding hydrogens is 237 g/mol. The van der Waals surface area contributed by atoms with Gasteiger partial charge in [0.05, 0.1) is 10.7 Å². The Kier molecular flexibility index (Phi) is 2.43. The first-order valence-corrected chi connectivity index (χ1v) is 5.15. The quantitative estimate of drug-likeness (QED) is 0.826. The highest BCUT2D eigenvalue weighted by molar-refractivity contribution is 9.10. The highest BCUT2D eigenvalue weighted by Crippen LogP contribution is 2.39. The molecule has 1 aliphatic heterocycles. The van der Waals surface area contributed by atoms with Crippen molar-refractivity contribution < 1.29 is 8.81 Å². The van der Waals surface area contributed by atoms with Crippen LogP contribution >= 0.6 is 15.9 Å². The number of rotatable bonds is 1. The van der Waals surface area contributed by atoms with E-state index < -0.39 is 5.67 Å². The lowest BCUT2D eigenvalue weighted by Gasteiger charge is -2.28. The average molecular weight is 248 g/mol. The van der Waals surface area contributed by atoms with Crippen molar-refractivity contribution in [3.63, 3.8) is 0 Å². The smallest absolute Gasteiger partial charge is 0.171 e. The lowest BCUT2D eigenvalue weighted by atomic mass is 9.92. The zero-order valence-electron chi connectivity index (χ0n) is 7.15. The number of furan rings is 1. The van der Waals surface area contributed by atoms with Crippen LogP contribution in [0.25, 0.3) is 0 Å². The van der Waals surface area contributed by atoms with Crippen molar-refractivity contribution in [2.45, 2.75) is 18.5 Å². The molecular formula is C9H11BrFNO. The molecule has 0 aromatic carbocycles. The van der Waals surface area contributed by atoms with Crippen LogP contribution in [0.2, 0.25) is 0 Å². The summed E-state index contributed by atoms with van der Waals surface area (Å²) >= 11 is 3.28. The molecule has 13 heavy (non-hydrogen) atoms. The summed E-state index contributed by atoms with van der Waals surface area (Å²) in [6, 6.07) is 1.73. The van der Waals surface area contributed by atoms with Gasteiger partial charge in [0, 0.05) is 12.8 Å². The van der Waals surface area contributed by atoms with Crippen molar-refractivity contribution in [1.82, 2.24) is 5.32 Å². The van der Waals surface area contributed by atoms with Gasteiger partial charge in [-0.1, -0.05) is 0 Å². The van der Waals surface area contributed by atoms with E-state index in [1.54, 1.807) is 6.07 Å². The van der Waals surface area contributed by atoms with Crippen LogP contribution in [0.1, 0.15) is 18.6 Å². The molecule has 0 bridgehead atoms. The Morgan fingerprint density at radius 2 is 2.15 bits per heavy atom. The molecule has 1 aromatic heterocycles. The van der Waals surface area contributed by atoms with Crippen LogP contribution in [0.4, 0.5) is 4.39 Å². The van der Waals surface area contributed by atoms with E-state index in [9.17, 15) is 4.39 Å². The predicted octanol–water partition coefficient (Wildman–Crippen LogP) is 2.59. The maximum Gasteiger partial charge on any atom is 0.171 e. The highest BCUT2D eigenvalue weighted by atomic mass is 79.9. The fraction of sp³-hybridized carbons (Fsp3) is 0.556. The first-order chi connectivity index (χ1) is 6.22. The molecule has 0 saturated carbocycles. The van der Waals surface area contributed by atoms with Crippen LogP contribution in [0.15, 0.2) is 21.2 Å². The Bertz CT molecular complexity index is 294. The summed E-state index contributed by atoms with van der Waals surface area (Å²) < 4.78 is 20.1. The van der Waals surface area contributed by atoms with Gasteiger partial charge in [-0.3, -0.25) is 0 Å². The SMILES string of the molecule is FC1(c2occc2Br)CCNCC1. The molecule has 2 rings (SSSR count). The number of halogens is 2. The molecule has 0 atom stereocenters. The van der Waals surface area contributed by atoms with Gasteiger partial charge in [-0.15, -0.1) is 0 Å². The fourth-order valence-corrected chi connectivity index (χ4v) is 2.22. The molecule has 0 spiro atoms. The summed E-state index contributed by atoms with van der Waals surface area (Å²) in [5.41, 5.74) is -1.28. The van der Waals surface area contributed by atoms with Crippen molar-refractivity contribution in [3.8, 4) is 0 Å². The standard InChI is InChI=1S/C9H11BrFNO/c10-7-1-6-13-8(7)9(11)2-4-12-5-3-9/h1,6,12H,2-5H2. The summed E-state index contributed by atoms with van der Waals surface area (Å²) in [5.74, 6) is 0.439. The average Bonchev–Trinajstić information content (AvgIpc) is 2.53. The summed E-state index contributed by atoms with van der Waals surface area (Å²) in [7, 11) is 0. The van der Waals surface area contributed by atoms with Crippen LogP contribution < -0.4 is 5.32 Å². The first kappa shape index (κ1) is 9.21. The van der Waals surface area contributed by atoms with Gasteiger partial charge in [-0.25, -0.2) is 4.39 Å². The Balaban J connectivity index is 2.27. The van der Waals surface area contributed by atoms with Crippen molar-refractivity contribution >= 4 is 15.9 Å². The van der Waals surface area contributed by atoms with Gasteiger partial charge < -0.3 is 9.73 Å². The van der Waals surface area contributed by atoms with E-state index in [0.717, 1.165) is 4.47 Å². The van der Waals surface area contributed by atoms with Crippen LogP contribution in [-0.4, -0.2) is 13.1 Å². The van der Waals surface area contributed by atoms with E-state index in [2.05, 4.69) is 21.2 Å². The normalized spacial score (nSPS) is 21.7. The summed E-state index contributed by atoms with van der Waals surface area (Å²) in [5, 5.41) is 3.12. The molecule has 2 heterocycles. The van der Waals surface area contributed by atoms with Gasteiger partial charge >= 0.3 is 0 Å². The van der Waals surface area contributed by atoms with Crippen molar-refractivity contribution in [2.24, 2.45) is 0 Å². The van der Waals surface area contributed by atoms with E-state index in [0.29, 0.717) is 31.7 Å². The van der Waals surface area contributed by atoms with E-state index in [-0.39, 0.29) is 0 Å². The van der Waals surface area contributed by atoms with Gasteiger partial charge in [-0.2, -0.15) is 0 Å². The van der Waals surface area contributed by atoms with Crippen LogP contribution in [-0.2, 0) is 5.67 Å². The monoisotopic (exact) mass is 247 g/mol. The second-order valence-electron chi connectivity index (χ2n) is 3.31. The van der Waals surface area contributed by atoms with Gasteiger partial charge in [0.1, 0.15) is 0 Å². The van der Waals surface area contributed by atoms with E-state index >= 15 is 0 Å². The highest BCUT2D eigenvalue weighted by Gasteiger charge is 2.38. The molecule has 0 unspecified atom stereocenters. The Labute approximate surface area is 84.6 Å². The minimum absolute atomic E-state index is 0.439. The maximum atomic E-state index is 14.2. The lowest BCUT2D eigenvalue weighted by Crippen LogP contribution is -2.36. The minimum Gasteiger partial charge on any atom is -0.465 e. The lowest BCUT2D eigenvalue weighted by molar-refractivity contribution is 0.0857. The molecule has 2 nitrogen and oxygen atoms in total. The van der Waals surface area contributed by atoms with Crippen molar-refractivity contribution in [1.29, 1.82) is 0 Å². The molecule has 1 aromatic rings. The minimum atomic E-state index is -1.28. The number of hydrogen-bond donors (Lipinski definition) is 1. The molecule has 1 saturated heterocycles. The zero-order chi connectivity index (χ0) is 9.31. The number of alkyl halides is 1. The predicted molar refractivity (Wildman–Crippen MR) is 51.3 cm³/mol. The third-order valence-electron chi connectivity index (χ3n) is 2.42. The van der Waals surface area contributed by atoms with E-state index in [4.69, 9.17) is 4.42 Å². The number of hydrogen-bond acceptors (Lipinski definition) is 2. The van der Waals surface area contributed by atoms with E-state index in [1.807, 2.05) is 0 Å². The molecule has 1 fully saturated rings. The van der Waals surface area contributed by atoms with Crippen LogP contribution in [0, 0.1) is 0 Å². The zero-order valence-corrected chi connectivity index (χ0v) is 8.73. The van der Waals surface area contributed by atoms with Crippen molar-refractivity contribution in [3.05, 3.63) is 22.6 Å². The van der Waals surface area contributed by atoms with Crippen LogP contribution in [0.5, 0.6) is 0 Å². The molecule has 1 N–H and O–H groups in total. The Morgan fingerprint density at radius 1 is 1.46 bits per heavy atom. The topological polar surface area (TPSA) is 25.2 Å². The van der Waals surface area contributed by atoms with Gasteiger partial charge in [0.15, 0.2) is 11.4 Å². The molecule has 0 radical (unpaired) electrons.